The number of benzene rings is 1. The summed E-state index contributed by atoms with van der Waals surface area (Å²) in [6.07, 6.45) is 1.83. The largest absolute Gasteiger partial charge is 0.481 e. The number of hydrogen-bond donors (Lipinski definition) is 1. The molecule has 8 heteroatoms. The molecule has 0 bridgehead atoms. The molecule has 1 aliphatic carbocycles. The van der Waals surface area contributed by atoms with Crippen LogP contribution < -0.4 is 0 Å². The molecule has 1 aromatic carbocycles. The zero-order chi connectivity index (χ0) is 18.0. The summed E-state index contributed by atoms with van der Waals surface area (Å²) in [7, 11) is 0. The molecule has 1 saturated carbocycles. The third kappa shape index (κ3) is 4.20. The van der Waals surface area contributed by atoms with Crippen LogP contribution >= 0.6 is 0 Å². The van der Waals surface area contributed by atoms with Crippen LogP contribution in [0, 0.1) is 12.8 Å². The number of nitrogens with zero attached hydrogens (tertiary/aromatic N) is 5. The van der Waals surface area contributed by atoms with Gasteiger partial charge in [-0.25, -0.2) is 0 Å². The molecule has 8 nitrogen and oxygen atoms in total. The van der Waals surface area contributed by atoms with Crippen molar-refractivity contribution in [3.63, 3.8) is 0 Å². The van der Waals surface area contributed by atoms with Gasteiger partial charge in [-0.3, -0.25) is 9.59 Å². The maximum atomic E-state index is 12.5. The number of rotatable bonds is 7. The van der Waals surface area contributed by atoms with E-state index in [0.717, 1.165) is 24.0 Å². The molecule has 0 radical (unpaired) electrons. The number of aryl methyl sites for hydroxylation is 1. The van der Waals surface area contributed by atoms with Crippen LogP contribution in [0.4, 0.5) is 0 Å². The summed E-state index contributed by atoms with van der Waals surface area (Å²) < 4.78 is 0. The van der Waals surface area contributed by atoms with Crippen molar-refractivity contribution >= 4 is 11.9 Å². The van der Waals surface area contributed by atoms with Gasteiger partial charge in [0.05, 0.1) is 5.92 Å². The summed E-state index contributed by atoms with van der Waals surface area (Å²) in [4.78, 5) is 26.5. The first kappa shape index (κ1) is 17.1. The average molecular weight is 343 g/mol. The maximum Gasteiger partial charge on any atom is 0.308 e. The Morgan fingerprint density at radius 1 is 1.32 bits per heavy atom. The number of carboxylic acids is 1. The molecule has 1 heterocycles. The quantitative estimate of drug-likeness (QED) is 0.814. The molecule has 1 N–H and O–H groups in total. The number of hydrogen-bond acceptors (Lipinski definition) is 5. The molecule has 1 amide bonds. The Kier molecular flexibility index (Phi) is 4.78. The third-order valence-electron chi connectivity index (χ3n) is 4.24. The molecule has 1 unspecified atom stereocenters. The van der Waals surface area contributed by atoms with Crippen LogP contribution in [0.1, 0.15) is 25.3 Å². The molecule has 0 aliphatic heterocycles. The fourth-order valence-corrected chi connectivity index (χ4v) is 2.55. The Morgan fingerprint density at radius 3 is 2.60 bits per heavy atom. The van der Waals surface area contributed by atoms with Crippen molar-refractivity contribution in [1.82, 2.24) is 25.1 Å². The van der Waals surface area contributed by atoms with Crippen molar-refractivity contribution in [2.45, 2.75) is 39.3 Å². The summed E-state index contributed by atoms with van der Waals surface area (Å²) in [5.74, 6) is -1.22. The lowest BCUT2D eigenvalue weighted by Gasteiger charge is -2.23. The first-order valence-corrected chi connectivity index (χ1v) is 8.31. The van der Waals surface area contributed by atoms with E-state index in [2.05, 4.69) is 15.4 Å². The standard InChI is InChI=1S/C17H21N5O3/c1-11-3-5-13(6-4-11)16-18-20-22(19-16)10-15(23)21(14-7-8-14)9-12(2)17(24)25/h3-6,12,14H,7-10H2,1-2H3,(H,24,25). The number of carbonyl (C=O) groups excluding carboxylic acids is 1. The van der Waals surface area contributed by atoms with E-state index in [1.54, 1.807) is 11.8 Å². The molecule has 3 rings (SSSR count). The number of tetrazole rings is 1. The van der Waals surface area contributed by atoms with Gasteiger partial charge in [0.25, 0.3) is 0 Å². The van der Waals surface area contributed by atoms with E-state index in [1.165, 1.54) is 4.80 Å². The van der Waals surface area contributed by atoms with E-state index in [0.29, 0.717) is 5.82 Å². The molecule has 132 valence electrons. The monoisotopic (exact) mass is 343 g/mol. The van der Waals surface area contributed by atoms with Crippen LogP contribution in [0.3, 0.4) is 0 Å². The van der Waals surface area contributed by atoms with E-state index < -0.39 is 11.9 Å². The van der Waals surface area contributed by atoms with Gasteiger partial charge in [-0.05, 0) is 25.0 Å². The molecular formula is C17H21N5O3. The predicted molar refractivity (Wildman–Crippen MR) is 89.5 cm³/mol. The van der Waals surface area contributed by atoms with Crippen LogP contribution in [0.2, 0.25) is 0 Å². The highest BCUT2D eigenvalue weighted by atomic mass is 16.4. The van der Waals surface area contributed by atoms with E-state index in [9.17, 15) is 9.59 Å². The van der Waals surface area contributed by atoms with Crippen molar-refractivity contribution < 1.29 is 14.7 Å². The summed E-state index contributed by atoms with van der Waals surface area (Å²) in [5, 5.41) is 21.3. The molecule has 1 aliphatic rings. The highest BCUT2D eigenvalue weighted by Crippen LogP contribution is 2.28. The van der Waals surface area contributed by atoms with E-state index >= 15 is 0 Å². The smallest absolute Gasteiger partial charge is 0.308 e. The summed E-state index contributed by atoms with van der Waals surface area (Å²) in [6, 6.07) is 7.87. The Balaban J connectivity index is 1.67. The summed E-state index contributed by atoms with van der Waals surface area (Å²) in [5.41, 5.74) is 1.97. The lowest BCUT2D eigenvalue weighted by atomic mass is 10.1. The second-order valence-electron chi connectivity index (χ2n) is 6.53. The van der Waals surface area contributed by atoms with Crippen molar-refractivity contribution in [2.75, 3.05) is 6.54 Å². The predicted octanol–water partition coefficient (Wildman–Crippen LogP) is 1.36. The highest BCUT2D eigenvalue weighted by molar-refractivity contribution is 5.78. The van der Waals surface area contributed by atoms with E-state index in [4.69, 9.17) is 5.11 Å². The first-order chi connectivity index (χ1) is 11.9. The van der Waals surface area contributed by atoms with Gasteiger partial charge in [-0.2, -0.15) is 4.80 Å². The Hall–Kier alpha value is -2.77. The van der Waals surface area contributed by atoms with Gasteiger partial charge in [0.2, 0.25) is 11.7 Å². The maximum absolute atomic E-state index is 12.5. The van der Waals surface area contributed by atoms with Crippen LogP contribution in [0.5, 0.6) is 0 Å². The van der Waals surface area contributed by atoms with Crippen LogP contribution in [-0.2, 0) is 16.1 Å². The zero-order valence-corrected chi connectivity index (χ0v) is 14.3. The minimum atomic E-state index is -0.904. The molecule has 2 aromatic rings. The second-order valence-corrected chi connectivity index (χ2v) is 6.53. The van der Waals surface area contributed by atoms with Gasteiger partial charge >= 0.3 is 5.97 Å². The topological polar surface area (TPSA) is 101 Å². The van der Waals surface area contributed by atoms with Gasteiger partial charge in [0.1, 0.15) is 6.54 Å². The Labute approximate surface area is 145 Å². The number of amides is 1. The normalized spacial score (nSPS) is 15.0. The average Bonchev–Trinajstić information content (AvgIpc) is 3.32. The van der Waals surface area contributed by atoms with Crippen molar-refractivity contribution in [3.8, 4) is 11.4 Å². The summed E-state index contributed by atoms with van der Waals surface area (Å²) >= 11 is 0. The van der Waals surface area contributed by atoms with Gasteiger partial charge in [0.15, 0.2) is 0 Å². The van der Waals surface area contributed by atoms with Gasteiger partial charge in [-0.15, -0.1) is 10.2 Å². The highest BCUT2D eigenvalue weighted by Gasteiger charge is 2.34. The summed E-state index contributed by atoms with van der Waals surface area (Å²) in [6.45, 7) is 3.77. The lowest BCUT2D eigenvalue weighted by Crippen LogP contribution is -2.40. The van der Waals surface area contributed by atoms with Gasteiger partial charge in [0, 0.05) is 18.2 Å². The second kappa shape index (κ2) is 7.00. The van der Waals surface area contributed by atoms with Crippen molar-refractivity contribution in [3.05, 3.63) is 29.8 Å². The van der Waals surface area contributed by atoms with E-state index in [1.807, 2.05) is 31.2 Å². The minimum absolute atomic E-state index is 0.0400. The number of carbonyl (C=O) groups is 2. The van der Waals surface area contributed by atoms with Crippen LogP contribution in [0.25, 0.3) is 11.4 Å². The molecular weight excluding hydrogens is 322 g/mol. The third-order valence-corrected chi connectivity index (χ3v) is 4.24. The van der Waals surface area contributed by atoms with Gasteiger partial charge < -0.3 is 10.0 Å². The Morgan fingerprint density at radius 2 is 2.00 bits per heavy atom. The Bertz CT molecular complexity index is 767. The molecule has 1 fully saturated rings. The van der Waals surface area contributed by atoms with E-state index in [-0.39, 0.29) is 25.0 Å². The number of carboxylic acid groups (broad SMARTS) is 1. The number of aliphatic carboxylic acids is 1. The van der Waals surface area contributed by atoms with Crippen LogP contribution in [0.15, 0.2) is 24.3 Å². The molecule has 1 aromatic heterocycles. The number of aromatic nitrogens is 4. The van der Waals surface area contributed by atoms with Crippen LogP contribution in [-0.4, -0.2) is 54.7 Å². The van der Waals surface area contributed by atoms with Crippen molar-refractivity contribution in [2.24, 2.45) is 5.92 Å². The molecule has 0 spiro atoms. The lowest BCUT2D eigenvalue weighted by molar-refractivity contribution is -0.143. The first-order valence-electron chi connectivity index (χ1n) is 8.31. The molecule has 0 saturated heterocycles. The SMILES string of the molecule is Cc1ccc(-c2nnn(CC(=O)N(CC(C)C(=O)O)C3CC3)n2)cc1. The fraction of sp³-hybridized carbons (Fsp3) is 0.471. The molecule has 25 heavy (non-hydrogen) atoms. The zero-order valence-electron chi connectivity index (χ0n) is 14.3. The van der Waals surface area contributed by atoms with Gasteiger partial charge in [-0.1, -0.05) is 36.8 Å². The fourth-order valence-electron chi connectivity index (χ4n) is 2.55. The molecule has 1 atom stereocenters. The van der Waals surface area contributed by atoms with Crippen molar-refractivity contribution in [1.29, 1.82) is 0 Å². The minimum Gasteiger partial charge on any atom is -0.481 e.